The average molecular weight is 310 g/mol. The van der Waals surface area contributed by atoms with E-state index in [9.17, 15) is 0 Å². The first-order chi connectivity index (χ1) is 9.69. The Morgan fingerprint density at radius 2 is 2.25 bits per heavy atom. The predicted octanol–water partition coefficient (Wildman–Crippen LogP) is 3.39. The number of halogens is 1. The van der Waals surface area contributed by atoms with E-state index in [1.165, 1.54) is 10.6 Å². The van der Waals surface area contributed by atoms with E-state index in [0.29, 0.717) is 6.04 Å². The van der Waals surface area contributed by atoms with Gasteiger partial charge in [0.25, 0.3) is 0 Å². The van der Waals surface area contributed by atoms with E-state index in [1.54, 1.807) is 0 Å². The first kappa shape index (κ1) is 15.4. The first-order valence-electron chi connectivity index (χ1n) is 6.71. The van der Waals surface area contributed by atoms with Gasteiger partial charge in [-0.15, -0.1) is 11.8 Å². The lowest BCUT2D eigenvalue weighted by atomic mass is 10.1. The Morgan fingerprint density at radius 1 is 1.40 bits per heavy atom. The minimum atomic E-state index is 0.480. The largest absolute Gasteiger partial charge is 0.316 e. The van der Waals surface area contributed by atoms with Gasteiger partial charge >= 0.3 is 0 Å². The summed E-state index contributed by atoms with van der Waals surface area (Å²) in [6.07, 6.45) is 3.99. The number of rotatable bonds is 7. The molecule has 0 radical (unpaired) electrons. The van der Waals surface area contributed by atoms with Crippen molar-refractivity contribution in [3.8, 4) is 0 Å². The topological polar surface area (TPSA) is 29.9 Å². The second kappa shape index (κ2) is 7.72. The quantitative estimate of drug-likeness (QED) is 0.795. The standard InChI is InChI=1S/C15H20ClN3S/c1-17-13(6-7-14-8-9-18-19(14)2)11-20-15-5-3-4-12(16)10-15/h3-5,8-10,13,17H,6-7,11H2,1-2H3. The summed E-state index contributed by atoms with van der Waals surface area (Å²) in [5.74, 6) is 1.04. The van der Waals surface area contributed by atoms with E-state index in [-0.39, 0.29) is 0 Å². The van der Waals surface area contributed by atoms with Crippen LogP contribution in [0.3, 0.4) is 0 Å². The molecule has 2 rings (SSSR count). The summed E-state index contributed by atoms with van der Waals surface area (Å²) >= 11 is 7.84. The maximum Gasteiger partial charge on any atom is 0.0492 e. The van der Waals surface area contributed by atoms with Crippen molar-refractivity contribution in [1.29, 1.82) is 0 Å². The highest BCUT2D eigenvalue weighted by molar-refractivity contribution is 7.99. The molecule has 1 heterocycles. The van der Waals surface area contributed by atoms with Crippen LogP contribution in [0.4, 0.5) is 0 Å². The Morgan fingerprint density at radius 3 is 2.90 bits per heavy atom. The first-order valence-corrected chi connectivity index (χ1v) is 8.08. The van der Waals surface area contributed by atoms with E-state index in [0.717, 1.165) is 23.6 Å². The zero-order valence-electron chi connectivity index (χ0n) is 11.8. The molecular formula is C15H20ClN3S. The molecule has 0 aliphatic carbocycles. The van der Waals surface area contributed by atoms with Gasteiger partial charge in [-0.25, -0.2) is 0 Å². The SMILES string of the molecule is CNC(CCc1ccnn1C)CSc1cccc(Cl)c1. The lowest BCUT2D eigenvalue weighted by molar-refractivity contribution is 0.556. The zero-order valence-corrected chi connectivity index (χ0v) is 13.4. The number of nitrogens with one attached hydrogen (secondary N) is 1. The Balaban J connectivity index is 1.82. The summed E-state index contributed by atoms with van der Waals surface area (Å²) in [4.78, 5) is 1.22. The van der Waals surface area contributed by atoms with Gasteiger partial charge in [-0.3, -0.25) is 4.68 Å². The molecule has 2 aromatic rings. The lowest BCUT2D eigenvalue weighted by Gasteiger charge is -2.15. The summed E-state index contributed by atoms with van der Waals surface area (Å²) in [5, 5.41) is 8.38. The predicted molar refractivity (Wildman–Crippen MR) is 86.6 cm³/mol. The molecule has 5 heteroatoms. The van der Waals surface area contributed by atoms with Gasteiger partial charge in [-0.1, -0.05) is 17.7 Å². The summed E-state index contributed by atoms with van der Waals surface area (Å²) in [6, 6.07) is 10.6. The van der Waals surface area contributed by atoms with E-state index in [4.69, 9.17) is 11.6 Å². The van der Waals surface area contributed by atoms with Crippen molar-refractivity contribution >= 4 is 23.4 Å². The Labute approximate surface area is 129 Å². The molecule has 1 atom stereocenters. The molecule has 0 saturated carbocycles. The van der Waals surface area contributed by atoms with Crippen LogP contribution in [0.2, 0.25) is 5.02 Å². The molecule has 0 aliphatic rings. The molecule has 0 saturated heterocycles. The number of benzene rings is 1. The van der Waals surface area contributed by atoms with Crippen LogP contribution in [0.25, 0.3) is 0 Å². The molecule has 1 N–H and O–H groups in total. The molecule has 0 fully saturated rings. The van der Waals surface area contributed by atoms with Gasteiger partial charge in [-0.05, 0) is 44.2 Å². The number of aryl methyl sites for hydroxylation is 2. The maximum atomic E-state index is 6.00. The second-order valence-corrected chi connectivity index (χ2v) is 6.27. The summed E-state index contributed by atoms with van der Waals surface area (Å²) < 4.78 is 1.94. The molecule has 1 unspecified atom stereocenters. The Bertz CT molecular complexity index is 541. The highest BCUT2D eigenvalue weighted by atomic mass is 35.5. The average Bonchev–Trinajstić information content (AvgIpc) is 2.85. The summed E-state index contributed by atoms with van der Waals surface area (Å²) in [6.45, 7) is 0. The second-order valence-electron chi connectivity index (χ2n) is 4.74. The van der Waals surface area contributed by atoms with Crippen LogP contribution in [0, 0.1) is 0 Å². The van der Waals surface area contributed by atoms with E-state index in [2.05, 4.69) is 22.5 Å². The number of thioether (sulfide) groups is 1. The molecule has 0 amide bonds. The van der Waals surface area contributed by atoms with Gasteiger partial charge in [0.1, 0.15) is 0 Å². The molecule has 0 bridgehead atoms. The van der Waals surface area contributed by atoms with Crippen LogP contribution in [-0.4, -0.2) is 28.6 Å². The van der Waals surface area contributed by atoms with Gasteiger partial charge in [0.05, 0.1) is 0 Å². The van der Waals surface area contributed by atoms with Crippen LogP contribution >= 0.6 is 23.4 Å². The van der Waals surface area contributed by atoms with E-state index in [1.807, 2.05) is 54.9 Å². The van der Waals surface area contributed by atoms with Crippen molar-refractivity contribution in [3.05, 3.63) is 47.2 Å². The summed E-state index contributed by atoms with van der Waals surface area (Å²) in [5.41, 5.74) is 1.28. The third-order valence-electron chi connectivity index (χ3n) is 3.33. The minimum Gasteiger partial charge on any atom is -0.316 e. The minimum absolute atomic E-state index is 0.480. The lowest BCUT2D eigenvalue weighted by Crippen LogP contribution is -2.28. The van der Waals surface area contributed by atoms with Crippen LogP contribution in [0.1, 0.15) is 12.1 Å². The smallest absolute Gasteiger partial charge is 0.0492 e. The highest BCUT2D eigenvalue weighted by Crippen LogP contribution is 2.23. The molecule has 20 heavy (non-hydrogen) atoms. The van der Waals surface area contributed by atoms with Crippen molar-refractivity contribution in [2.45, 2.75) is 23.8 Å². The van der Waals surface area contributed by atoms with Gasteiger partial charge in [0, 0.05) is 40.7 Å². The molecule has 108 valence electrons. The van der Waals surface area contributed by atoms with Gasteiger partial charge < -0.3 is 5.32 Å². The van der Waals surface area contributed by atoms with Crippen molar-refractivity contribution in [2.75, 3.05) is 12.8 Å². The Kier molecular flexibility index (Phi) is 5.95. The number of nitrogens with zero attached hydrogens (tertiary/aromatic N) is 2. The van der Waals surface area contributed by atoms with Gasteiger partial charge in [0.2, 0.25) is 0 Å². The third kappa shape index (κ3) is 4.54. The third-order valence-corrected chi connectivity index (χ3v) is 4.72. The molecule has 1 aromatic heterocycles. The van der Waals surface area contributed by atoms with Crippen LogP contribution in [-0.2, 0) is 13.5 Å². The number of hydrogen-bond donors (Lipinski definition) is 1. The fourth-order valence-corrected chi connectivity index (χ4v) is 3.40. The molecule has 1 aromatic carbocycles. The normalized spacial score (nSPS) is 12.6. The highest BCUT2D eigenvalue weighted by Gasteiger charge is 2.09. The Hall–Kier alpha value is -0.970. The molecular weight excluding hydrogens is 290 g/mol. The summed E-state index contributed by atoms with van der Waals surface area (Å²) in [7, 11) is 4.01. The fourth-order valence-electron chi connectivity index (χ4n) is 2.03. The van der Waals surface area contributed by atoms with Crippen LogP contribution < -0.4 is 5.32 Å². The van der Waals surface area contributed by atoms with Crippen molar-refractivity contribution in [3.63, 3.8) is 0 Å². The van der Waals surface area contributed by atoms with E-state index >= 15 is 0 Å². The van der Waals surface area contributed by atoms with Crippen LogP contribution in [0.5, 0.6) is 0 Å². The zero-order chi connectivity index (χ0) is 14.4. The monoisotopic (exact) mass is 309 g/mol. The van der Waals surface area contributed by atoms with E-state index < -0.39 is 0 Å². The maximum absolute atomic E-state index is 6.00. The number of aromatic nitrogens is 2. The van der Waals surface area contributed by atoms with Gasteiger partial charge in [0.15, 0.2) is 0 Å². The fraction of sp³-hybridized carbons (Fsp3) is 0.400. The molecule has 3 nitrogen and oxygen atoms in total. The molecule has 0 spiro atoms. The molecule has 0 aliphatic heterocycles. The van der Waals surface area contributed by atoms with Gasteiger partial charge in [-0.2, -0.15) is 5.10 Å². The van der Waals surface area contributed by atoms with Crippen molar-refractivity contribution in [1.82, 2.24) is 15.1 Å². The van der Waals surface area contributed by atoms with Crippen molar-refractivity contribution in [2.24, 2.45) is 7.05 Å². The number of hydrogen-bond acceptors (Lipinski definition) is 3. The van der Waals surface area contributed by atoms with Crippen LogP contribution in [0.15, 0.2) is 41.4 Å². The van der Waals surface area contributed by atoms with Crippen molar-refractivity contribution < 1.29 is 0 Å².